The first-order valence-corrected chi connectivity index (χ1v) is 25.4. The van der Waals surface area contributed by atoms with E-state index in [-0.39, 0.29) is 5.41 Å². The lowest BCUT2D eigenvalue weighted by molar-refractivity contribution is -0.570. The zero-order chi connectivity index (χ0) is 49.9. The van der Waals surface area contributed by atoms with Gasteiger partial charge in [-0.3, -0.25) is 22.3 Å². The minimum Gasteiger partial charge on any atom is -0.458 e. The van der Waals surface area contributed by atoms with E-state index in [2.05, 4.69) is 262 Å². The molecule has 75 heavy (non-hydrogen) atoms. The summed E-state index contributed by atoms with van der Waals surface area (Å²) in [5, 5.41) is 3.16. The molecule has 0 radical (unpaired) electrons. The van der Waals surface area contributed by atoms with E-state index in [1.165, 1.54) is 5.56 Å². The van der Waals surface area contributed by atoms with Crippen LogP contribution in [0.2, 0.25) is 0 Å². The number of aromatic nitrogens is 8. The van der Waals surface area contributed by atoms with Gasteiger partial charge in [0.1, 0.15) is 28.5 Å². The number of nitrogens with zero attached hydrogens (tertiary/aromatic N) is 8. The smallest absolute Gasteiger partial charge is 0.269 e. The fraction of sp³-hybridized carbons (Fsp3) is 0.0606. The van der Waals surface area contributed by atoms with Gasteiger partial charge in [0.15, 0.2) is 0 Å². The maximum atomic E-state index is 7.09. The lowest BCUT2D eigenvalue weighted by Gasteiger charge is -2.20. The van der Waals surface area contributed by atoms with Gasteiger partial charge >= 0.3 is 0 Å². The van der Waals surface area contributed by atoms with Gasteiger partial charge in [-0.25, -0.2) is 15.0 Å². The van der Waals surface area contributed by atoms with Crippen LogP contribution in [0.15, 0.2) is 225 Å². The Bertz CT molecular complexity index is 4790. The van der Waals surface area contributed by atoms with E-state index in [9.17, 15) is 0 Å². The molecule has 0 N–H and O–H groups in total. The largest absolute Gasteiger partial charge is 0.458 e. The molecular formula is C66H46N8O. The maximum absolute atomic E-state index is 7.09. The summed E-state index contributed by atoms with van der Waals surface area (Å²) in [5.41, 5.74) is 16.7. The number of rotatable bonds is 6. The molecule has 9 aromatic carbocycles. The number of hydrogen-bond donors (Lipinski definition) is 0. The molecule has 15 rings (SSSR count). The van der Waals surface area contributed by atoms with Crippen molar-refractivity contribution in [2.24, 2.45) is 0 Å². The van der Waals surface area contributed by atoms with E-state index in [0.29, 0.717) is 11.5 Å². The third kappa shape index (κ3) is 6.64. The molecule has 0 aliphatic carbocycles. The molecule has 0 unspecified atom stereocenters. The van der Waals surface area contributed by atoms with Crippen LogP contribution in [-0.4, -0.2) is 32.7 Å². The Balaban J connectivity index is 1.06. The zero-order valence-electron chi connectivity index (χ0n) is 41.3. The van der Waals surface area contributed by atoms with Crippen LogP contribution in [-0.2, 0) is 5.41 Å². The first-order valence-electron chi connectivity index (χ1n) is 25.4. The van der Waals surface area contributed by atoms with Gasteiger partial charge < -0.3 is 4.74 Å². The van der Waals surface area contributed by atoms with Gasteiger partial charge in [0.2, 0.25) is 5.78 Å². The van der Waals surface area contributed by atoms with Crippen molar-refractivity contribution in [1.82, 2.24) is 32.7 Å². The van der Waals surface area contributed by atoms with Gasteiger partial charge in [0, 0.05) is 28.4 Å². The Morgan fingerprint density at radius 3 is 1.79 bits per heavy atom. The predicted octanol–water partition coefficient (Wildman–Crippen LogP) is 15.4. The van der Waals surface area contributed by atoms with Crippen LogP contribution in [0, 0.1) is 6.33 Å². The van der Waals surface area contributed by atoms with E-state index in [0.717, 1.165) is 117 Å². The highest BCUT2D eigenvalue weighted by molar-refractivity contribution is 6.09. The molecule has 6 aromatic heterocycles. The van der Waals surface area contributed by atoms with Crippen LogP contribution in [0.25, 0.3) is 117 Å². The second-order valence-electron chi connectivity index (χ2n) is 20.3. The molecule has 0 aliphatic rings. The molecule has 0 aliphatic heterocycles. The van der Waals surface area contributed by atoms with E-state index >= 15 is 0 Å². The molecule has 9 nitrogen and oxygen atoms in total. The Labute approximate surface area is 430 Å². The Morgan fingerprint density at radius 2 is 1.07 bits per heavy atom. The highest BCUT2D eigenvalue weighted by Crippen LogP contribution is 2.39. The fourth-order valence-electron chi connectivity index (χ4n) is 11.3. The summed E-state index contributed by atoms with van der Waals surface area (Å²) in [5.74, 6) is 2.95. The van der Waals surface area contributed by atoms with E-state index < -0.39 is 0 Å². The Hall–Kier alpha value is -9.86. The average Bonchev–Trinajstić information content (AvgIpc) is 4.33. The van der Waals surface area contributed by atoms with Crippen LogP contribution in [0.4, 0.5) is 0 Å². The Morgan fingerprint density at radius 1 is 0.480 bits per heavy atom. The molecule has 0 saturated heterocycles. The molecule has 0 amide bonds. The van der Waals surface area contributed by atoms with Crippen molar-refractivity contribution in [2.45, 2.75) is 26.2 Å². The standard InChI is InChI=1S/C66H46N8O/c1-66(2,3)44-36-37-67-61(38-44)72-54-27-13-10-22-49(54)50-34-32-46(40-60(50)72)75-45-33-35-51-59(39-45)71-41-70(62-47(42-18-6-4-7-19-42)23-16-24-48(62)43-20-8-5-9-21-43)57-30-17-31-58(63(57)71)73-55-28-14-12-26-53(55)69-65(73)74-56-29-15-11-25-52(56)68-64(51)74/h4-40H,1-3H3. The van der Waals surface area contributed by atoms with E-state index in [4.69, 9.17) is 19.7 Å². The molecule has 6 heterocycles. The number of ether oxygens (including phenoxy) is 1. The second kappa shape index (κ2) is 16.3. The second-order valence-corrected chi connectivity index (χ2v) is 20.3. The molecule has 9 heteroatoms. The SMILES string of the molecule is CC(C)(C)c1ccnc(-n2c3ccccc3c3ccc(Oc4ccc5c(c4)n4[c-][n+](-c6c(-c7ccccc7)cccc6-c6ccccc6)c6cccc(c64)n4c6ccccc6nc4n4c6ccccc6nc54)cc32)c1. The summed E-state index contributed by atoms with van der Waals surface area (Å²) in [6.45, 7) is 6.71. The van der Waals surface area contributed by atoms with Crippen LogP contribution < -0.4 is 9.30 Å². The summed E-state index contributed by atoms with van der Waals surface area (Å²) in [6, 6.07) is 76.6. The van der Waals surface area contributed by atoms with Crippen molar-refractivity contribution < 1.29 is 9.30 Å². The lowest BCUT2D eigenvalue weighted by atomic mass is 9.88. The number of hydrogen-bond acceptors (Lipinski definition) is 4. The van der Waals surface area contributed by atoms with E-state index in [1.54, 1.807) is 0 Å². The van der Waals surface area contributed by atoms with Crippen LogP contribution in [0.1, 0.15) is 26.3 Å². The topological polar surface area (TPSA) is 69.9 Å². The van der Waals surface area contributed by atoms with Crippen molar-refractivity contribution in [3.8, 4) is 45.3 Å². The monoisotopic (exact) mass is 966 g/mol. The van der Waals surface area contributed by atoms with Gasteiger partial charge in [-0.05, 0) is 106 Å². The highest BCUT2D eigenvalue weighted by atomic mass is 16.5. The third-order valence-corrected chi connectivity index (χ3v) is 14.8. The van der Waals surface area contributed by atoms with Crippen molar-refractivity contribution >= 4 is 82.8 Å². The number of para-hydroxylation sites is 7. The van der Waals surface area contributed by atoms with Gasteiger partial charge in [-0.15, -0.1) is 0 Å². The fourth-order valence-corrected chi connectivity index (χ4v) is 11.3. The van der Waals surface area contributed by atoms with Crippen molar-refractivity contribution in [3.05, 3.63) is 236 Å². The van der Waals surface area contributed by atoms with Crippen LogP contribution in [0.3, 0.4) is 0 Å². The molecule has 0 bridgehead atoms. The zero-order valence-corrected chi connectivity index (χ0v) is 41.3. The molecule has 0 fully saturated rings. The number of imidazole rings is 3. The minimum absolute atomic E-state index is 0.0515. The summed E-state index contributed by atoms with van der Waals surface area (Å²) >= 11 is 0. The molecular weight excluding hydrogens is 921 g/mol. The summed E-state index contributed by atoms with van der Waals surface area (Å²) in [4.78, 5) is 15.9. The molecule has 0 saturated carbocycles. The molecule has 0 spiro atoms. The summed E-state index contributed by atoms with van der Waals surface area (Å²) < 4.78 is 18.3. The summed E-state index contributed by atoms with van der Waals surface area (Å²) in [6.07, 6.45) is 5.94. The van der Waals surface area contributed by atoms with E-state index in [1.807, 2.05) is 12.3 Å². The normalized spacial score (nSPS) is 12.2. The first kappa shape index (κ1) is 42.8. The molecule has 356 valence electrons. The number of fused-ring (bicyclic) bond motifs is 14. The first-order chi connectivity index (χ1) is 36.8. The van der Waals surface area contributed by atoms with Gasteiger partial charge in [-0.2, -0.15) is 0 Å². The molecule has 15 aromatic rings. The van der Waals surface area contributed by atoms with Crippen molar-refractivity contribution in [2.75, 3.05) is 0 Å². The van der Waals surface area contributed by atoms with Crippen molar-refractivity contribution in [3.63, 3.8) is 0 Å². The van der Waals surface area contributed by atoms with Crippen molar-refractivity contribution in [1.29, 1.82) is 0 Å². The average molecular weight is 967 g/mol. The minimum atomic E-state index is -0.0515. The Kier molecular flexibility index (Phi) is 9.32. The lowest BCUT2D eigenvalue weighted by Crippen LogP contribution is -2.31. The molecule has 0 atom stereocenters. The number of benzene rings is 9. The van der Waals surface area contributed by atoms with Gasteiger partial charge in [0.25, 0.3) is 6.33 Å². The van der Waals surface area contributed by atoms with Gasteiger partial charge in [0.05, 0.1) is 55.3 Å². The third-order valence-electron chi connectivity index (χ3n) is 14.8. The van der Waals surface area contributed by atoms with Crippen LogP contribution >= 0.6 is 0 Å². The quantitative estimate of drug-likeness (QED) is 0.123. The maximum Gasteiger partial charge on any atom is 0.269 e. The van der Waals surface area contributed by atoms with Gasteiger partial charge in [-0.1, -0.05) is 160 Å². The van der Waals surface area contributed by atoms with Crippen LogP contribution in [0.5, 0.6) is 11.5 Å². The summed E-state index contributed by atoms with van der Waals surface area (Å²) in [7, 11) is 0. The number of pyridine rings is 1. The predicted molar refractivity (Wildman–Crippen MR) is 302 cm³/mol. The highest BCUT2D eigenvalue weighted by Gasteiger charge is 2.24.